The minimum atomic E-state index is 0.264. The Labute approximate surface area is 162 Å². The number of hydrogen-bond donors (Lipinski definition) is 0. The fourth-order valence-electron chi connectivity index (χ4n) is 4.75. The quantitative estimate of drug-likeness (QED) is 0.479. The normalized spacial score (nSPS) is 19.6. The van der Waals surface area contributed by atoms with Crippen LogP contribution in [0.4, 0.5) is 0 Å². The van der Waals surface area contributed by atoms with Crippen molar-refractivity contribution in [2.45, 2.75) is 44.9 Å². The molecule has 4 rings (SSSR count). The molecule has 1 aliphatic rings. The number of aryl methyl sites for hydroxylation is 2. The van der Waals surface area contributed by atoms with E-state index < -0.39 is 0 Å². The van der Waals surface area contributed by atoms with Gasteiger partial charge in [0.25, 0.3) is 0 Å². The Hall–Kier alpha value is -2.41. The van der Waals surface area contributed by atoms with E-state index in [1.165, 1.54) is 34.7 Å². The van der Waals surface area contributed by atoms with Crippen LogP contribution in [0.1, 0.15) is 43.2 Å². The van der Waals surface area contributed by atoms with Crippen molar-refractivity contribution in [3.63, 3.8) is 0 Å². The zero-order valence-corrected chi connectivity index (χ0v) is 15.9. The van der Waals surface area contributed by atoms with Gasteiger partial charge in [-0.3, -0.25) is 4.79 Å². The van der Waals surface area contributed by atoms with Gasteiger partial charge in [0.1, 0.15) is 5.78 Å². The summed E-state index contributed by atoms with van der Waals surface area (Å²) in [6.07, 6.45) is 7.38. The summed E-state index contributed by atoms with van der Waals surface area (Å²) in [4.78, 5) is 12.5. The first-order valence-corrected chi connectivity index (χ1v) is 10.3. The summed E-state index contributed by atoms with van der Waals surface area (Å²) in [5.41, 5.74) is 2.80. The first-order valence-electron chi connectivity index (χ1n) is 10.3. The van der Waals surface area contributed by atoms with Crippen LogP contribution in [0.5, 0.6) is 0 Å². The lowest BCUT2D eigenvalue weighted by Gasteiger charge is -2.19. The third kappa shape index (κ3) is 4.30. The van der Waals surface area contributed by atoms with Gasteiger partial charge in [0.15, 0.2) is 0 Å². The zero-order chi connectivity index (χ0) is 18.5. The predicted molar refractivity (Wildman–Crippen MR) is 113 cm³/mol. The van der Waals surface area contributed by atoms with E-state index in [1.807, 2.05) is 0 Å². The van der Waals surface area contributed by atoms with E-state index >= 15 is 0 Å². The lowest BCUT2D eigenvalue weighted by molar-refractivity contribution is -0.121. The Morgan fingerprint density at radius 1 is 0.778 bits per heavy atom. The summed E-state index contributed by atoms with van der Waals surface area (Å²) in [6.45, 7) is 0. The minimum Gasteiger partial charge on any atom is -0.299 e. The van der Waals surface area contributed by atoms with E-state index in [9.17, 15) is 4.79 Å². The maximum Gasteiger partial charge on any atom is 0.136 e. The number of carbonyl (C=O) groups excluding carboxylic acids is 1. The van der Waals surface area contributed by atoms with Crippen LogP contribution in [0.15, 0.2) is 72.8 Å². The van der Waals surface area contributed by atoms with Crippen molar-refractivity contribution in [2.75, 3.05) is 0 Å². The zero-order valence-electron chi connectivity index (χ0n) is 15.9. The molecule has 138 valence electrons. The molecule has 2 atom stereocenters. The Morgan fingerprint density at radius 2 is 1.56 bits per heavy atom. The van der Waals surface area contributed by atoms with Crippen LogP contribution in [0.2, 0.25) is 0 Å². The highest BCUT2D eigenvalue weighted by atomic mass is 16.1. The van der Waals surface area contributed by atoms with Gasteiger partial charge in [0, 0.05) is 12.3 Å². The van der Waals surface area contributed by atoms with Gasteiger partial charge in [-0.05, 0) is 66.3 Å². The molecule has 0 radical (unpaired) electrons. The highest BCUT2D eigenvalue weighted by Crippen LogP contribution is 2.36. The van der Waals surface area contributed by atoms with Crippen LogP contribution in [0, 0.1) is 11.8 Å². The smallest absolute Gasteiger partial charge is 0.136 e. The second-order valence-corrected chi connectivity index (χ2v) is 7.93. The molecule has 0 N–H and O–H groups in total. The number of hydrogen-bond acceptors (Lipinski definition) is 1. The van der Waals surface area contributed by atoms with Crippen LogP contribution in [0.25, 0.3) is 10.8 Å². The Morgan fingerprint density at radius 3 is 2.44 bits per heavy atom. The van der Waals surface area contributed by atoms with Crippen LogP contribution >= 0.6 is 0 Å². The molecule has 0 spiro atoms. The average molecular weight is 357 g/mol. The van der Waals surface area contributed by atoms with Gasteiger partial charge in [0.2, 0.25) is 0 Å². The predicted octanol–water partition coefficient (Wildman–Crippen LogP) is 6.39. The molecule has 27 heavy (non-hydrogen) atoms. The molecule has 0 saturated heterocycles. The summed E-state index contributed by atoms with van der Waals surface area (Å²) in [5.74, 6) is 1.34. The van der Waals surface area contributed by atoms with Crippen molar-refractivity contribution < 1.29 is 4.79 Å². The fourth-order valence-corrected chi connectivity index (χ4v) is 4.75. The third-order valence-corrected chi connectivity index (χ3v) is 6.23. The van der Waals surface area contributed by atoms with Crippen molar-refractivity contribution >= 4 is 16.6 Å². The molecule has 0 heterocycles. The Bertz CT molecular complexity index is 891. The van der Waals surface area contributed by atoms with E-state index in [0.717, 1.165) is 32.1 Å². The number of ketones is 1. The molecule has 0 unspecified atom stereocenters. The molecule has 0 aliphatic heterocycles. The molecule has 3 aromatic carbocycles. The standard InChI is InChI=1S/C26H28O/c27-26-19-17-23(12-6-10-20-8-2-1-3-9-20)25(26)18-16-22-14-7-13-21-11-4-5-15-24(21)22/h1-5,7-9,11,13-15,23,25H,6,10,12,16-19H2/t23-,25+/m0/s1. The third-order valence-electron chi connectivity index (χ3n) is 6.23. The summed E-state index contributed by atoms with van der Waals surface area (Å²) in [5, 5.41) is 2.64. The molecule has 1 nitrogen and oxygen atoms in total. The van der Waals surface area contributed by atoms with Gasteiger partial charge in [-0.25, -0.2) is 0 Å². The molecule has 1 saturated carbocycles. The monoisotopic (exact) mass is 356 g/mol. The molecule has 0 bridgehead atoms. The first-order chi connectivity index (χ1) is 13.3. The number of benzene rings is 3. The highest BCUT2D eigenvalue weighted by molar-refractivity contribution is 5.86. The molecule has 1 fully saturated rings. The summed E-state index contributed by atoms with van der Waals surface area (Å²) < 4.78 is 0. The average Bonchev–Trinajstić information content (AvgIpc) is 3.07. The van der Waals surface area contributed by atoms with Crippen LogP contribution in [-0.4, -0.2) is 5.78 Å². The van der Waals surface area contributed by atoms with E-state index in [-0.39, 0.29) is 5.92 Å². The van der Waals surface area contributed by atoms with Crippen LogP contribution in [0.3, 0.4) is 0 Å². The van der Waals surface area contributed by atoms with Crippen molar-refractivity contribution in [3.8, 4) is 0 Å². The first kappa shape index (κ1) is 18.0. The largest absolute Gasteiger partial charge is 0.299 e. The van der Waals surface area contributed by atoms with E-state index in [1.54, 1.807) is 0 Å². The molecular formula is C26H28O. The maximum absolute atomic E-state index is 12.5. The van der Waals surface area contributed by atoms with Gasteiger partial charge in [-0.15, -0.1) is 0 Å². The number of Topliss-reactive ketones (excluding diaryl/α,β-unsaturated/α-hetero) is 1. The van der Waals surface area contributed by atoms with E-state index in [0.29, 0.717) is 11.7 Å². The van der Waals surface area contributed by atoms with Gasteiger partial charge in [-0.1, -0.05) is 72.8 Å². The van der Waals surface area contributed by atoms with Gasteiger partial charge >= 0.3 is 0 Å². The number of fused-ring (bicyclic) bond motifs is 1. The van der Waals surface area contributed by atoms with Crippen LogP contribution in [-0.2, 0) is 17.6 Å². The summed E-state index contributed by atoms with van der Waals surface area (Å²) in [6, 6.07) is 25.8. The van der Waals surface area contributed by atoms with Gasteiger partial charge in [0.05, 0.1) is 0 Å². The van der Waals surface area contributed by atoms with E-state index in [2.05, 4.69) is 72.8 Å². The lowest BCUT2D eigenvalue weighted by atomic mass is 9.85. The maximum atomic E-state index is 12.5. The second-order valence-electron chi connectivity index (χ2n) is 7.93. The van der Waals surface area contributed by atoms with Crippen molar-refractivity contribution in [1.29, 1.82) is 0 Å². The molecule has 3 aromatic rings. The summed E-state index contributed by atoms with van der Waals surface area (Å²) in [7, 11) is 0. The van der Waals surface area contributed by atoms with Crippen molar-refractivity contribution in [3.05, 3.63) is 83.9 Å². The van der Waals surface area contributed by atoms with Crippen molar-refractivity contribution in [1.82, 2.24) is 0 Å². The van der Waals surface area contributed by atoms with E-state index in [4.69, 9.17) is 0 Å². The molecule has 1 heteroatoms. The van der Waals surface area contributed by atoms with Gasteiger partial charge in [-0.2, -0.15) is 0 Å². The highest BCUT2D eigenvalue weighted by Gasteiger charge is 2.33. The molecule has 0 aromatic heterocycles. The Balaban J connectivity index is 1.37. The van der Waals surface area contributed by atoms with Gasteiger partial charge < -0.3 is 0 Å². The molecule has 0 amide bonds. The Kier molecular flexibility index (Phi) is 5.67. The minimum absolute atomic E-state index is 0.264. The topological polar surface area (TPSA) is 17.1 Å². The SMILES string of the molecule is O=C1CC[C@H](CCCc2ccccc2)[C@H]1CCc1cccc2ccccc12. The number of rotatable bonds is 7. The number of carbonyl (C=O) groups is 1. The molecular weight excluding hydrogens is 328 g/mol. The molecule has 1 aliphatic carbocycles. The van der Waals surface area contributed by atoms with Crippen molar-refractivity contribution in [2.24, 2.45) is 11.8 Å². The fraction of sp³-hybridized carbons (Fsp3) is 0.346. The second kappa shape index (κ2) is 8.52. The van der Waals surface area contributed by atoms with Crippen LogP contribution < -0.4 is 0 Å². The summed E-state index contributed by atoms with van der Waals surface area (Å²) >= 11 is 0. The lowest BCUT2D eigenvalue weighted by Crippen LogP contribution is -2.16.